The Morgan fingerprint density at radius 2 is 2.00 bits per heavy atom. The number of nitrogens with zero attached hydrogens (tertiary/aromatic N) is 2. The summed E-state index contributed by atoms with van der Waals surface area (Å²) in [6.45, 7) is 2.77. The second kappa shape index (κ2) is 5.96. The Hall–Kier alpha value is -1.70. The summed E-state index contributed by atoms with van der Waals surface area (Å²) in [5.74, 6) is -0.728. The second-order valence-electron chi connectivity index (χ2n) is 4.28. The van der Waals surface area contributed by atoms with Gasteiger partial charge in [-0.1, -0.05) is 6.07 Å². The molecular formula is C12H16N2O5. The van der Waals surface area contributed by atoms with Crippen molar-refractivity contribution in [2.45, 2.75) is 12.2 Å². The lowest BCUT2D eigenvalue weighted by Crippen LogP contribution is -2.36. The first-order valence-corrected chi connectivity index (χ1v) is 5.97. The van der Waals surface area contributed by atoms with Crippen LogP contribution in [0.4, 0.5) is 5.82 Å². The molecule has 2 atom stereocenters. The van der Waals surface area contributed by atoms with Gasteiger partial charge in [0.05, 0.1) is 13.2 Å². The van der Waals surface area contributed by atoms with Gasteiger partial charge in [-0.2, -0.15) is 0 Å². The van der Waals surface area contributed by atoms with Gasteiger partial charge in [-0.25, -0.2) is 9.78 Å². The molecule has 1 aromatic heterocycles. The molecule has 1 fully saturated rings. The largest absolute Gasteiger partial charge is 0.479 e. The molecule has 3 N–H and O–H groups in total. The quantitative estimate of drug-likeness (QED) is 0.669. The van der Waals surface area contributed by atoms with Gasteiger partial charge in [0.2, 0.25) is 0 Å². The number of hydrogen-bond donors (Lipinski definition) is 3. The number of rotatable bonds is 4. The van der Waals surface area contributed by atoms with E-state index >= 15 is 0 Å². The molecule has 104 valence electrons. The minimum Gasteiger partial charge on any atom is -0.479 e. The smallest absolute Gasteiger partial charge is 0.335 e. The highest BCUT2D eigenvalue weighted by molar-refractivity contribution is 5.73. The molecule has 0 aliphatic carbocycles. The van der Waals surface area contributed by atoms with Gasteiger partial charge in [-0.3, -0.25) is 0 Å². The summed E-state index contributed by atoms with van der Waals surface area (Å²) in [5, 5.41) is 27.5. The molecule has 0 saturated carbocycles. The van der Waals surface area contributed by atoms with Gasteiger partial charge in [0.15, 0.2) is 6.10 Å². The number of hydrogen-bond acceptors (Lipinski definition) is 6. The summed E-state index contributed by atoms with van der Waals surface area (Å²) in [4.78, 5) is 16.8. The van der Waals surface area contributed by atoms with E-state index in [4.69, 9.17) is 9.84 Å². The van der Waals surface area contributed by atoms with Crippen molar-refractivity contribution in [3.63, 3.8) is 0 Å². The Morgan fingerprint density at radius 3 is 2.53 bits per heavy atom. The van der Waals surface area contributed by atoms with Crippen molar-refractivity contribution in [1.82, 2.24) is 4.98 Å². The number of ether oxygens (including phenoxy) is 1. The molecule has 0 unspecified atom stereocenters. The number of carboxylic acid groups (broad SMARTS) is 1. The molecule has 0 radical (unpaired) electrons. The van der Waals surface area contributed by atoms with E-state index in [9.17, 15) is 15.0 Å². The van der Waals surface area contributed by atoms with E-state index in [1.807, 2.05) is 4.90 Å². The summed E-state index contributed by atoms with van der Waals surface area (Å²) in [7, 11) is 0. The minimum atomic E-state index is -1.85. The summed E-state index contributed by atoms with van der Waals surface area (Å²) in [5.41, 5.74) is 0.270. The predicted molar refractivity (Wildman–Crippen MR) is 65.9 cm³/mol. The molecule has 0 amide bonds. The fourth-order valence-electron chi connectivity index (χ4n) is 1.87. The summed E-state index contributed by atoms with van der Waals surface area (Å²) in [6.07, 6.45) is -1.96. The first kappa shape index (κ1) is 13.7. The Morgan fingerprint density at radius 1 is 1.32 bits per heavy atom. The number of pyridine rings is 1. The van der Waals surface area contributed by atoms with Gasteiger partial charge in [0.1, 0.15) is 11.9 Å². The Kier molecular flexibility index (Phi) is 4.31. The first-order chi connectivity index (χ1) is 9.09. The maximum absolute atomic E-state index is 10.6. The number of aliphatic hydroxyl groups excluding tert-OH is 2. The molecule has 0 bridgehead atoms. The highest BCUT2D eigenvalue weighted by Crippen LogP contribution is 2.19. The Balaban J connectivity index is 2.07. The van der Waals surface area contributed by atoms with Crippen molar-refractivity contribution in [3.05, 3.63) is 23.9 Å². The number of morpholine rings is 1. The van der Waals surface area contributed by atoms with E-state index in [0.29, 0.717) is 13.2 Å². The van der Waals surface area contributed by atoms with E-state index in [1.165, 1.54) is 6.20 Å². The van der Waals surface area contributed by atoms with E-state index in [-0.39, 0.29) is 5.56 Å². The standard InChI is InChI=1S/C12H16N2O5/c15-10(11(16)12(17)18)8-1-2-9(13-7-8)14-3-5-19-6-4-14/h1-2,7,10-11,15-16H,3-6H2,(H,17,18)/t10-,11+/m0/s1. The van der Waals surface area contributed by atoms with Crippen LogP contribution in [0.2, 0.25) is 0 Å². The van der Waals surface area contributed by atoms with Gasteiger partial charge in [-0.15, -0.1) is 0 Å². The highest BCUT2D eigenvalue weighted by atomic mass is 16.5. The van der Waals surface area contributed by atoms with Gasteiger partial charge in [0, 0.05) is 24.8 Å². The van der Waals surface area contributed by atoms with E-state index < -0.39 is 18.2 Å². The maximum Gasteiger partial charge on any atom is 0.335 e. The van der Waals surface area contributed by atoms with E-state index in [0.717, 1.165) is 18.9 Å². The predicted octanol–water partition coefficient (Wildman–Crippen LogP) is -0.603. The van der Waals surface area contributed by atoms with Crippen LogP contribution < -0.4 is 4.90 Å². The monoisotopic (exact) mass is 268 g/mol. The average Bonchev–Trinajstić information content (AvgIpc) is 2.46. The van der Waals surface area contributed by atoms with Crippen LogP contribution in [0, 0.1) is 0 Å². The molecule has 0 aromatic carbocycles. The molecule has 19 heavy (non-hydrogen) atoms. The fourth-order valence-corrected chi connectivity index (χ4v) is 1.87. The molecule has 7 heteroatoms. The summed E-state index contributed by atoms with van der Waals surface area (Å²) in [6, 6.07) is 3.26. The van der Waals surface area contributed by atoms with Gasteiger partial charge >= 0.3 is 5.97 Å². The number of anilines is 1. The average molecular weight is 268 g/mol. The second-order valence-corrected chi connectivity index (χ2v) is 4.28. The SMILES string of the molecule is O=C(O)[C@H](O)[C@@H](O)c1ccc(N2CCOCC2)nc1. The van der Waals surface area contributed by atoms with Crippen molar-refractivity contribution in [1.29, 1.82) is 0 Å². The molecule has 1 saturated heterocycles. The molecule has 1 aliphatic heterocycles. The van der Waals surface area contributed by atoms with Crippen LogP contribution in [0.3, 0.4) is 0 Å². The van der Waals surface area contributed by atoms with Crippen LogP contribution in [-0.4, -0.2) is 58.7 Å². The minimum absolute atomic E-state index is 0.270. The van der Waals surface area contributed by atoms with Crippen LogP contribution in [-0.2, 0) is 9.53 Å². The summed E-state index contributed by atoms with van der Waals surface area (Å²) >= 11 is 0. The van der Waals surface area contributed by atoms with Gasteiger partial charge in [-0.05, 0) is 6.07 Å². The van der Waals surface area contributed by atoms with Crippen LogP contribution >= 0.6 is 0 Å². The lowest BCUT2D eigenvalue weighted by atomic mass is 10.1. The van der Waals surface area contributed by atoms with Crippen molar-refractivity contribution in [2.75, 3.05) is 31.2 Å². The molecule has 0 spiro atoms. The molecule has 1 aliphatic rings. The molecular weight excluding hydrogens is 252 g/mol. The van der Waals surface area contributed by atoms with E-state index in [1.54, 1.807) is 12.1 Å². The van der Waals surface area contributed by atoms with Crippen LogP contribution in [0.15, 0.2) is 18.3 Å². The lowest BCUT2D eigenvalue weighted by Gasteiger charge is -2.28. The zero-order valence-corrected chi connectivity index (χ0v) is 10.3. The molecule has 2 heterocycles. The molecule has 1 aromatic rings. The Labute approximate surface area is 110 Å². The first-order valence-electron chi connectivity index (χ1n) is 5.97. The van der Waals surface area contributed by atoms with Crippen molar-refractivity contribution in [3.8, 4) is 0 Å². The number of aliphatic carboxylic acids is 1. The number of aliphatic hydroxyl groups is 2. The fraction of sp³-hybridized carbons (Fsp3) is 0.500. The van der Waals surface area contributed by atoms with Crippen LogP contribution in [0.1, 0.15) is 11.7 Å². The normalized spacial score (nSPS) is 18.9. The van der Waals surface area contributed by atoms with Crippen molar-refractivity contribution >= 4 is 11.8 Å². The highest BCUT2D eigenvalue weighted by Gasteiger charge is 2.25. The van der Waals surface area contributed by atoms with E-state index in [2.05, 4.69) is 4.98 Å². The lowest BCUT2D eigenvalue weighted by molar-refractivity contribution is -0.153. The maximum atomic E-state index is 10.6. The third-order valence-corrected chi connectivity index (χ3v) is 3.00. The van der Waals surface area contributed by atoms with Crippen molar-refractivity contribution < 1.29 is 24.9 Å². The Bertz CT molecular complexity index is 430. The third-order valence-electron chi connectivity index (χ3n) is 3.00. The zero-order chi connectivity index (χ0) is 13.8. The van der Waals surface area contributed by atoms with Crippen molar-refractivity contribution in [2.24, 2.45) is 0 Å². The topological polar surface area (TPSA) is 103 Å². The number of carbonyl (C=O) groups is 1. The van der Waals surface area contributed by atoms with Crippen LogP contribution in [0.5, 0.6) is 0 Å². The molecule has 2 rings (SSSR count). The summed E-state index contributed by atoms with van der Waals surface area (Å²) < 4.78 is 5.23. The van der Waals surface area contributed by atoms with Gasteiger partial charge < -0.3 is 25.0 Å². The number of carboxylic acids is 1. The number of aromatic nitrogens is 1. The zero-order valence-electron chi connectivity index (χ0n) is 10.3. The third kappa shape index (κ3) is 3.19. The molecule has 7 nitrogen and oxygen atoms in total. The van der Waals surface area contributed by atoms with Gasteiger partial charge in [0.25, 0.3) is 0 Å². The van der Waals surface area contributed by atoms with Crippen LogP contribution in [0.25, 0.3) is 0 Å².